The molecular weight excluding hydrogens is 254 g/mol. The van der Waals surface area contributed by atoms with Crippen molar-refractivity contribution in [3.05, 3.63) is 10.5 Å². The minimum Gasteiger partial charge on any atom is -0.236 e. The van der Waals surface area contributed by atoms with E-state index in [1.807, 2.05) is 13.8 Å². The number of rotatable bonds is 3. The van der Waals surface area contributed by atoms with E-state index in [9.17, 15) is 0 Å². The summed E-state index contributed by atoms with van der Waals surface area (Å²) in [5.41, 5.74) is 0. The fourth-order valence-corrected chi connectivity index (χ4v) is 3.06. The van der Waals surface area contributed by atoms with E-state index in [2.05, 4.69) is 20.5 Å². The van der Waals surface area contributed by atoms with E-state index in [0.29, 0.717) is 4.34 Å². The number of nitrogens with zero attached hydrogens (tertiary/aromatic N) is 5. The van der Waals surface area contributed by atoms with Crippen molar-refractivity contribution in [1.29, 1.82) is 0 Å². The molecule has 2 rings (SSSR count). The second-order valence-corrected chi connectivity index (χ2v) is 5.91. The van der Waals surface area contributed by atoms with Crippen molar-refractivity contribution in [2.45, 2.75) is 29.4 Å². The second kappa shape index (κ2) is 4.46. The van der Waals surface area contributed by atoms with Crippen LogP contribution < -0.4 is 0 Å². The number of halogens is 1. The molecule has 0 radical (unpaired) electrons. The lowest BCUT2D eigenvalue weighted by molar-refractivity contribution is 0.477. The molecule has 2 aromatic rings. The highest BCUT2D eigenvalue weighted by Crippen LogP contribution is 2.32. The van der Waals surface area contributed by atoms with Crippen LogP contribution in [0.25, 0.3) is 0 Å². The summed E-state index contributed by atoms with van der Waals surface area (Å²) in [5.74, 6) is 0. The van der Waals surface area contributed by atoms with Gasteiger partial charge in [-0.2, -0.15) is 0 Å². The van der Waals surface area contributed by atoms with Gasteiger partial charge in [0.1, 0.15) is 4.34 Å². The molecule has 80 valence electrons. The lowest BCUT2D eigenvalue weighted by atomic mass is 10.4. The molecule has 15 heavy (non-hydrogen) atoms. The molecule has 0 saturated heterocycles. The van der Waals surface area contributed by atoms with Crippen molar-refractivity contribution < 1.29 is 0 Å². The Morgan fingerprint density at radius 2 is 2.33 bits per heavy atom. The lowest BCUT2D eigenvalue weighted by Crippen LogP contribution is -2.04. The van der Waals surface area contributed by atoms with Crippen molar-refractivity contribution in [3.8, 4) is 0 Å². The Morgan fingerprint density at radius 1 is 1.53 bits per heavy atom. The average molecular weight is 262 g/mol. The summed E-state index contributed by atoms with van der Waals surface area (Å²) in [5, 5.41) is 12.2. The van der Waals surface area contributed by atoms with Crippen LogP contribution in [0.15, 0.2) is 15.7 Å². The molecule has 0 spiro atoms. The van der Waals surface area contributed by atoms with Crippen LogP contribution in [0.3, 0.4) is 0 Å². The minimum absolute atomic E-state index is 0.234. The predicted molar refractivity (Wildman–Crippen MR) is 59.4 cm³/mol. The highest BCUT2D eigenvalue weighted by molar-refractivity contribution is 8.00. The van der Waals surface area contributed by atoms with Gasteiger partial charge in [-0.15, -0.1) is 5.10 Å². The Morgan fingerprint density at radius 3 is 2.93 bits per heavy atom. The molecule has 0 aliphatic carbocycles. The monoisotopic (exact) mass is 261 g/mol. The van der Waals surface area contributed by atoms with Crippen LogP contribution in [0.1, 0.15) is 19.9 Å². The Bertz CT molecular complexity index is 452. The van der Waals surface area contributed by atoms with Crippen molar-refractivity contribution in [2.24, 2.45) is 0 Å². The SMILES string of the molecule is CC(C)n1nnnc1Sc1ncc(Cl)s1. The fourth-order valence-electron chi connectivity index (χ4n) is 0.942. The summed E-state index contributed by atoms with van der Waals surface area (Å²) in [4.78, 5) is 4.13. The Hall–Kier alpha value is -0.660. The first kappa shape index (κ1) is 10.8. The summed E-state index contributed by atoms with van der Waals surface area (Å²) < 4.78 is 3.26. The second-order valence-electron chi connectivity index (χ2n) is 3.03. The van der Waals surface area contributed by atoms with Gasteiger partial charge in [-0.05, 0) is 36.0 Å². The van der Waals surface area contributed by atoms with E-state index in [-0.39, 0.29) is 6.04 Å². The first-order valence-electron chi connectivity index (χ1n) is 4.24. The first-order chi connectivity index (χ1) is 7.16. The number of hydrogen-bond donors (Lipinski definition) is 0. The van der Waals surface area contributed by atoms with Crippen LogP contribution in [0.2, 0.25) is 4.34 Å². The maximum Gasteiger partial charge on any atom is 0.216 e. The number of tetrazole rings is 1. The zero-order chi connectivity index (χ0) is 10.8. The van der Waals surface area contributed by atoms with Gasteiger partial charge in [-0.3, -0.25) is 0 Å². The molecule has 0 N–H and O–H groups in total. The fraction of sp³-hybridized carbons (Fsp3) is 0.429. The molecule has 2 heterocycles. The van der Waals surface area contributed by atoms with Gasteiger partial charge in [0.15, 0.2) is 4.34 Å². The first-order valence-corrected chi connectivity index (χ1v) is 6.25. The van der Waals surface area contributed by atoms with Crippen LogP contribution in [0.4, 0.5) is 0 Å². The maximum atomic E-state index is 5.79. The number of aromatic nitrogens is 5. The Labute approximate surface area is 99.9 Å². The zero-order valence-corrected chi connectivity index (χ0v) is 10.5. The third kappa shape index (κ3) is 2.47. The van der Waals surface area contributed by atoms with Crippen LogP contribution in [0.5, 0.6) is 0 Å². The molecule has 0 saturated carbocycles. The molecule has 2 aromatic heterocycles. The molecule has 8 heteroatoms. The summed E-state index contributed by atoms with van der Waals surface area (Å²) in [6.45, 7) is 4.05. The van der Waals surface area contributed by atoms with E-state index >= 15 is 0 Å². The summed E-state index contributed by atoms with van der Waals surface area (Å²) >= 11 is 8.62. The minimum atomic E-state index is 0.234. The van der Waals surface area contributed by atoms with Crippen molar-refractivity contribution in [3.63, 3.8) is 0 Å². The molecule has 0 amide bonds. The van der Waals surface area contributed by atoms with E-state index in [1.165, 1.54) is 23.1 Å². The van der Waals surface area contributed by atoms with E-state index in [4.69, 9.17) is 11.6 Å². The van der Waals surface area contributed by atoms with Gasteiger partial charge < -0.3 is 0 Å². The summed E-state index contributed by atoms with van der Waals surface area (Å²) in [6, 6.07) is 0.234. The smallest absolute Gasteiger partial charge is 0.216 e. The molecule has 0 bridgehead atoms. The predicted octanol–water partition coefficient (Wildman–Crippen LogP) is 2.52. The molecule has 0 atom stereocenters. The molecule has 0 aliphatic heterocycles. The average Bonchev–Trinajstić information content (AvgIpc) is 2.75. The van der Waals surface area contributed by atoms with Gasteiger partial charge >= 0.3 is 0 Å². The number of thiazole rings is 1. The van der Waals surface area contributed by atoms with Gasteiger partial charge in [0.25, 0.3) is 0 Å². The molecule has 0 aliphatic rings. The van der Waals surface area contributed by atoms with Crippen molar-refractivity contribution >= 4 is 34.7 Å². The van der Waals surface area contributed by atoms with Crippen molar-refractivity contribution in [1.82, 2.24) is 25.2 Å². The van der Waals surface area contributed by atoms with E-state index in [1.54, 1.807) is 10.9 Å². The molecular formula is C7H8ClN5S2. The molecule has 5 nitrogen and oxygen atoms in total. The summed E-state index contributed by atoms with van der Waals surface area (Å²) in [6.07, 6.45) is 1.62. The molecule has 0 fully saturated rings. The standard InChI is InChI=1S/C7H8ClN5S2/c1-4(2)13-6(10-11-12-13)15-7-9-3-5(8)14-7/h3-4H,1-2H3. The van der Waals surface area contributed by atoms with Crippen molar-refractivity contribution in [2.75, 3.05) is 0 Å². The van der Waals surface area contributed by atoms with E-state index < -0.39 is 0 Å². The molecule has 0 aromatic carbocycles. The van der Waals surface area contributed by atoms with Crippen LogP contribution in [0, 0.1) is 0 Å². The van der Waals surface area contributed by atoms with Gasteiger partial charge in [0, 0.05) is 0 Å². The highest BCUT2D eigenvalue weighted by atomic mass is 35.5. The molecule has 0 unspecified atom stereocenters. The van der Waals surface area contributed by atoms with Crippen LogP contribution in [-0.2, 0) is 0 Å². The van der Waals surface area contributed by atoms with Gasteiger partial charge in [0.2, 0.25) is 5.16 Å². The summed E-state index contributed by atoms with van der Waals surface area (Å²) in [7, 11) is 0. The highest BCUT2D eigenvalue weighted by Gasteiger charge is 2.12. The Balaban J connectivity index is 2.20. The normalized spacial score (nSPS) is 11.2. The topological polar surface area (TPSA) is 56.5 Å². The quantitative estimate of drug-likeness (QED) is 0.850. The Kier molecular flexibility index (Phi) is 3.22. The number of hydrogen-bond acceptors (Lipinski definition) is 6. The van der Waals surface area contributed by atoms with Gasteiger partial charge in [0.05, 0.1) is 12.2 Å². The maximum absolute atomic E-state index is 5.79. The lowest BCUT2D eigenvalue weighted by Gasteiger charge is -2.04. The third-order valence-corrected chi connectivity index (χ3v) is 3.73. The third-order valence-electron chi connectivity index (χ3n) is 1.59. The van der Waals surface area contributed by atoms with Gasteiger partial charge in [-0.1, -0.05) is 22.9 Å². The van der Waals surface area contributed by atoms with Gasteiger partial charge in [-0.25, -0.2) is 9.67 Å². The van der Waals surface area contributed by atoms with Crippen LogP contribution >= 0.6 is 34.7 Å². The van der Waals surface area contributed by atoms with Crippen LogP contribution in [-0.4, -0.2) is 25.2 Å². The zero-order valence-electron chi connectivity index (χ0n) is 8.09. The van der Waals surface area contributed by atoms with E-state index in [0.717, 1.165) is 9.50 Å². The largest absolute Gasteiger partial charge is 0.236 e.